The second kappa shape index (κ2) is 7.00. The highest BCUT2D eigenvalue weighted by atomic mass is 16.5. The minimum atomic E-state index is -0.601. The number of benzene rings is 2. The van der Waals surface area contributed by atoms with Gasteiger partial charge in [0.1, 0.15) is 12.4 Å². The second-order valence-corrected chi connectivity index (χ2v) is 5.53. The van der Waals surface area contributed by atoms with Gasteiger partial charge in [-0.1, -0.05) is 42.5 Å². The Bertz CT molecular complexity index is 893. The number of nitrogens with zero attached hydrogens (tertiary/aromatic N) is 2. The van der Waals surface area contributed by atoms with Crippen LogP contribution in [0.5, 0.6) is 5.75 Å². The van der Waals surface area contributed by atoms with Crippen LogP contribution in [0, 0.1) is 6.92 Å². The summed E-state index contributed by atoms with van der Waals surface area (Å²) in [5.74, 6) is 0.140. The van der Waals surface area contributed by atoms with Gasteiger partial charge in [-0.2, -0.15) is 0 Å². The van der Waals surface area contributed by atoms with Crippen LogP contribution in [0.4, 0.5) is 5.95 Å². The topological polar surface area (TPSA) is 104 Å². The first-order valence-corrected chi connectivity index (χ1v) is 7.75. The fraction of sp³-hybridized carbons (Fsp3) is 0.105. The van der Waals surface area contributed by atoms with Gasteiger partial charge >= 0.3 is 0 Å². The number of hydrogen-bond donors (Lipinski definition) is 2. The minimum absolute atomic E-state index is 0.0799. The summed E-state index contributed by atoms with van der Waals surface area (Å²) in [6.45, 7) is 1.74. The van der Waals surface area contributed by atoms with Crippen molar-refractivity contribution >= 4 is 11.9 Å². The molecule has 1 amide bonds. The third kappa shape index (κ3) is 3.74. The van der Waals surface area contributed by atoms with Gasteiger partial charge in [-0.15, -0.1) is 0 Å². The number of nitrogens with two attached hydrogens (primary N) is 2. The van der Waals surface area contributed by atoms with Gasteiger partial charge in [-0.25, -0.2) is 9.97 Å². The molecule has 4 N–H and O–H groups in total. The van der Waals surface area contributed by atoms with Crippen molar-refractivity contribution in [2.24, 2.45) is 5.73 Å². The van der Waals surface area contributed by atoms with Crippen molar-refractivity contribution in [2.75, 3.05) is 5.73 Å². The van der Waals surface area contributed by atoms with Crippen LogP contribution < -0.4 is 16.2 Å². The monoisotopic (exact) mass is 334 g/mol. The summed E-state index contributed by atoms with van der Waals surface area (Å²) in [6, 6.07) is 17.7. The quantitative estimate of drug-likeness (QED) is 0.746. The van der Waals surface area contributed by atoms with E-state index < -0.39 is 5.91 Å². The molecular weight excluding hydrogens is 316 g/mol. The molecule has 6 nitrogen and oxygen atoms in total. The summed E-state index contributed by atoms with van der Waals surface area (Å²) < 4.78 is 5.73. The van der Waals surface area contributed by atoms with E-state index in [1.54, 1.807) is 6.92 Å². The number of primary amides is 1. The van der Waals surface area contributed by atoms with Crippen LogP contribution in [0.3, 0.4) is 0 Å². The highest BCUT2D eigenvalue weighted by molar-refractivity contribution is 5.95. The molecule has 0 aliphatic rings. The van der Waals surface area contributed by atoms with Gasteiger partial charge in [0.25, 0.3) is 5.91 Å². The van der Waals surface area contributed by atoms with E-state index in [1.807, 2.05) is 54.6 Å². The molecule has 0 bridgehead atoms. The Morgan fingerprint density at radius 3 is 2.28 bits per heavy atom. The van der Waals surface area contributed by atoms with Crippen molar-refractivity contribution in [3.8, 4) is 16.9 Å². The molecule has 0 radical (unpaired) electrons. The van der Waals surface area contributed by atoms with Crippen LogP contribution in [0.15, 0.2) is 54.6 Å². The summed E-state index contributed by atoms with van der Waals surface area (Å²) in [4.78, 5) is 19.7. The first-order chi connectivity index (χ1) is 12.0. The van der Waals surface area contributed by atoms with Crippen molar-refractivity contribution < 1.29 is 9.53 Å². The first kappa shape index (κ1) is 16.4. The molecule has 0 saturated carbocycles. The number of carbonyl (C=O) groups is 1. The van der Waals surface area contributed by atoms with Gasteiger partial charge in [0.2, 0.25) is 5.95 Å². The highest BCUT2D eigenvalue weighted by Gasteiger charge is 2.16. The van der Waals surface area contributed by atoms with Gasteiger partial charge < -0.3 is 16.2 Å². The maximum Gasteiger partial charge on any atom is 0.252 e. The van der Waals surface area contributed by atoms with Crippen molar-refractivity contribution in [1.82, 2.24) is 9.97 Å². The lowest BCUT2D eigenvalue weighted by atomic mass is 10.1. The predicted octanol–water partition coefficient (Wildman–Crippen LogP) is 2.71. The van der Waals surface area contributed by atoms with Crippen LogP contribution in [0.25, 0.3) is 11.1 Å². The molecule has 3 aromatic rings. The Morgan fingerprint density at radius 2 is 1.64 bits per heavy atom. The Kier molecular flexibility index (Phi) is 4.61. The molecule has 0 atom stereocenters. The first-order valence-electron chi connectivity index (χ1n) is 7.75. The zero-order valence-electron chi connectivity index (χ0n) is 13.8. The molecule has 0 unspecified atom stereocenters. The standard InChI is InChI=1S/C19H18N4O2/c1-12-17(18(20)24)16(23-19(21)22-12)11-25-15-9-7-14(8-10-15)13-5-3-2-4-6-13/h2-10H,11H2,1H3,(H2,20,24)(H2,21,22,23). The zero-order chi connectivity index (χ0) is 17.8. The number of aromatic nitrogens is 2. The number of ether oxygens (including phenoxy) is 1. The number of hydrogen-bond acceptors (Lipinski definition) is 5. The minimum Gasteiger partial charge on any atom is -0.487 e. The largest absolute Gasteiger partial charge is 0.487 e. The van der Waals surface area contributed by atoms with Gasteiger partial charge in [-0.05, 0) is 30.2 Å². The molecule has 1 aromatic heterocycles. The number of anilines is 1. The second-order valence-electron chi connectivity index (χ2n) is 5.53. The SMILES string of the molecule is Cc1nc(N)nc(COc2ccc(-c3ccccc3)cc2)c1C(N)=O. The third-order valence-corrected chi connectivity index (χ3v) is 3.77. The Balaban J connectivity index is 1.77. The Hall–Kier alpha value is -3.41. The van der Waals surface area contributed by atoms with E-state index in [2.05, 4.69) is 9.97 Å². The van der Waals surface area contributed by atoms with Crippen LogP contribution in [-0.4, -0.2) is 15.9 Å². The third-order valence-electron chi connectivity index (χ3n) is 3.77. The van der Waals surface area contributed by atoms with Crippen molar-refractivity contribution in [3.63, 3.8) is 0 Å². The number of rotatable bonds is 5. The fourth-order valence-corrected chi connectivity index (χ4v) is 2.61. The molecule has 0 saturated heterocycles. The summed E-state index contributed by atoms with van der Waals surface area (Å²) in [5.41, 5.74) is 14.3. The van der Waals surface area contributed by atoms with E-state index >= 15 is 0 Å². The van der Waals surface area contributed by atoms with Crippen molar-refractivity contribution in [1.29, 1.82) is 0 Å². The molecule has 3 rings (SSSR count). The van der Waals surface area contributed by atoms with E-state index in [0.717, 1.165) is 11.1 Å². The van der Waals surface area contributed by atoms with Crippen LogP contribution in [-0.2, 0) is 6.61 Å². The normalized spacial score (nSPS) is 10.4. The molecule has 0 fully saturated rings. The summed E-state index contributed by atoms with van der Waals surface area (Å²) in [6.07, 6.45) is 0. The average Bonchev–Trinajstić information content (AvgIpc) is 2.60. The lowest BCUT2D eigenvalue weighted by Crippen LogP contribution is -2.20. The molecule has 6 heteroatoms. The lowest BCUT2D eigenvalue weighted by molar-refractivity contribution is 0.0996. The molecule has 1 heterocycles. The van der Waals surface area contributed by atoms with E-state index in [0.29, 0.717) is 17.1 Å². The zero-order valence-corrected chi connectivity index (χ0v) is 13.8. The average molecular weight is 334 g/mol. The number of aryl methyl sites for hydroxylation is 1. The smallest absolute Gasteiger partial charge is 0.252 e. The predicted molar refractivity (Wildman–Crippen MR) is 95.9 cm³/mol. The van der Waals surface area contributed by atoms with E-state index in [1.165, 1.54) is 0 Å². The molecule has 0 aliphatic heterocycles. The molecule has 126 valence electrons. The molecule has 25 heavy (non-hydrogen) atoms. The molecule has 0 aliphatic carbocycles. The van der Waals surface area contributed by atoms with Crippen LogP contribution >= 0.6 is 0 Å². The van der Waals surface area contributed by atoms with Crippen molar-refractivity contribution in [3.05, 3.63) is 71.5 Å². The molecule has 0 spiro atoms. The van der Waals surface area contributed by atoms with E-state index in [-0.39, 0.29) is 18.1 Å². The van der Waals surface area contributed by atoms with E-state index in [9.17, 15) is 4.79 Å². The van der Waals surface area contributed by atoms with Gasteiger partial charge in [0.15, 0.2) is 0 Å². The van der Waals surface area contributed by atoms with Gasteiger partial charge in [0, 0.05) is 0 Å². The maximum atomic E-state index is 11.6. The molecule has 2 aromatic carbocycles. The maximum absolute atomic E-state index is 11.6. The number of carbonyl (C=O) groups excluding carboxylic acids is 1. The van der Waals surface area contributed by atoms with Gasteiger partial charge in [-0.3, -0.25) is 4.79 Å². The Morgan fingerprint density at radius 1 is 1.00 bits per heavy atom. The molecular formula is C19H18N4O2. The number of amides is 1. The highest BCUT2D eigenvalue weighted by Crippen LogP contribution is 2.23. The van der Waals surface area contributed by atoms with E-state index in [4.69, 9.17) is 16.2 Å². The fourth-order valence-electron chi connectivity index (χ4n) is 2.61. The van der Waals surface area contributed by atoms with Gasteiger partial charge in [0.05, 0.1) is 17.0 Å². The number of nitrogen functional groups attached to an aromatic ring is 1. The van der Waals surface area contributed by atoms with Crippen molar-refractivity contribution in [2.45, 2.75) is 13.5 Å². The van der Waals surface area contributed by atoms with Crippen LogP contribution in [0.1, 0.15) is 21.7 Å². The van der Waals surface area contributed by atoms with Crippen LogP contribution in [0.2, 0.25) is 0 Å². The summed E-state index contributed by atoms with van der Waals surface area (Å²) in [5, 5.41) is 0. The lowest BCUT2D eigenvalue weighted by Gasteiger charge is -2.11. The Labute approximate surface area is 145 Å². The summed E-state index contributed by atoms with van der Waals surface area (Å²) in [7, 11) is 0. The summed E-state index contributed by atoms with van der Waals surface area (Å²) >= 11 is 0.